The van der Waals surface area contributed by atoms with Gasteiger partial charge >= 0.3 is 0 Å². The van der Waals surface area contributed by atoms with E-state index in [2.05, 4.69) is 40.7 Å². The summed E-state index contributed by atoms with van der Waals surface area (Å²) < 4.78 is 2.08. The summed E-state index contributed by atoms with van der Waals surface area (Å²) in [5.74, 6) is -0.0151. The van der Waals surface area contributed by atoms with Crippen LogP contribution in [0.15, 0.2) is 48.6 Å². The van der Waals surface area contributed by atoms with Crippen molar-refractivity contribution < 1.29 is 4.79 Å². The number of nitriles is 1. The molecule has 0 saturated carbocycles. The van der Waals surface area contributed by atoms with Gasteiger partial charge in [-0.15, -0.1) is 0 Å². The fraction of sp³-hybridized carbons (Fsp3) is 0.182. The number of rotatable bonds is 3. The number of hydrogen-bond acceptors (Lipinski definition) is 2. The van der Waals surface area contributed by atoms with Gasteiger partial charge in [-0.1, -0.05) is 36.9 Å². The van der Waals surface area contributed by atoms with Crippen LogP contribution in [0.5, 0.6) is 0 Å². The fourth-order valence-electron chi connectivity index (χ4n) is 3.90. The molecule has 0 saturated heterocycles. The summed E-state index contributed by atoms with van der Waals surface area (Å²) in [5, 5.41) is 13.4. The van der Waals surface area contributed by atoms with Crippen LogP contribution in [0.1, 0.15) is 16.8 Å². The lowest BCUT2D eigenvalue weighted by Gasteiger charge is -2.24. The molecule has 0 aliphatic carbocycles. The zero-order chi connectivity index (χ0) is 18.4. The Morgan fingerprint density at radius 1 is 1.31 bits per heavy atom. The zero-order valence-electron chi connectivity index (χ0n) is 14.9. The number of carbonyl (C=O) groups is 1. The van der Waals surface area contributed by atoms with Gasteiger partial charge in [-0.3, -0.25) is 4.79 Å². The van der Waals surface area contributed by atoms with Crippen LogP contribution < -0.4 is 5.32 Å². The van der Waals surface area contributed by atoms with Crippen LogP contribution in [0.3, 0.4) is 0 Å². The van der Waals surface area contributed by atoms with Crippen molar-refractivity contribution in [2.75, 3.05) is 5.32 Å². The normalized spacial score (nSPS) is 12.7. The van der Waals surface area contributed by atoms with Gasteiger partial charge in [0.2, 0.25) is 5.91 Å². The number of allylic oxidation sites excluding steroid dienone is 1. The van der Waals surface area contributed by atoms with Crippen molar-refractivity contribution in [1.29, 1.82) is 5.26 Å². The van der Waals surface area contributed by atoms with Crippen molar-refractivity contribution in [3.05, 3.63) is 65.4 Å². The highest BCUT2D eigenvalue weighted by Gasteiger charge is 2.26. The number of hydrogen-bond donors (Lipinski definition) is 1. The average molecular weight is 341 g/mol. The Morgan fingerprint density at radius 2 is 2.04 bits per heavy atom. The minimum atomic E-state index is -0.0151. The Morgan fingerprint density at radius 3 is 2.73 bits per heavy atom. The third-order valence-electron chi connectivity index (χ3n) is 5.12. The van der Waals surface area contributed by atoms with Gasteiger partial charge in [0.05, 0.1) is 17.3 Å². The van der Waals surface area contributed by atoms with E-state index >= 15 is 0 Å². The van der Waals surface area contributed by atoms with Gasteiger partial charge in [0.15, 0.2) is 0 Å². The third-order valence-corrected chi connectivity index (χ3v) is 5.12. The maximum absolute atomic E-state index is 12.2. The van der Waals surface area contributed by atoms with E-state index in [9.17, 15) is 10.1 Å². The first-order valence-electron chi connectivity index (χ1n) is 8.59. The van der Waals surface area contributed by atoms with Crippen molar-refractivity contribution in [2.45, 2.75) is 26.8 Å². The zero-order valence-corrected chi connectivity index (χ0v) is 14.9. The number of anilines is 1. The molecule has 4 rings (SSSR count). The molecule has 0 atom stereocenters. The minimum Gasteiger partial charge on any atom is -0.334 e. The number of nitrogens with zero attached hydrogens (tertiary/aromatic N) is 2. The lowest BCUT2D eigenvalue weighted by molar-refractivity contribution is -0.116. The molecule has 1 aliphatic rings. The maximum Gasteiger partial charge on any atom is 0.244 e. The van der Waals surface area contributed by atoms with Crippen molar-refractivity contribution in [3.63, 3.8) is 0 Å². The molecule has 0 bridgehead atoms. The third kappa shape index (κ3) is 2.33. The number of aryl methyl sites for hydroxylation is 1. The molecule has 0 unspecified atom stereocenters. The molecule has 1 N–H and O–H groups in total. The van der Waals surface area contributed by atoms with E-state index in [-0.39, 0.29) is 5.91 Å². The summed E-state index contributed by atoms with van der Waals surface area (Å²) in [5.41, 5.74) is 7.76. The van der Waals surface area contributed by atoms with Crippen molar-refractivity contribution >= 4 is 22.5 Å². The topological polar surface area (TPSA) is 57.8 Å². The molecule has 1 amide bonds. The molecule has 4 heteroatoms. The Bertz CT molecular complexity index is 1110. The summed E-state index contributed by atoms with van der Waals surface area (Å²) in [7, 11) is 0. The van der Waals surface area contributed by atoms with Crippen LogP contribution in [0.25, 0.3) is 22.0 Å². The first kappa shape index (κ1) is 16.2. The first-order valence-corrected chi connectivity index (χ1v) is 8.59. The Labute approximate surface area is 152 Å². The Hall–Kier alpha value is -3.32. The summed E-state index contributed by atoms with van der Waals surface area (Å²) in [6.07, 6.45) is 0.468. The van der Waals surface area contributed by atoms with Crippen LogP contribution in [-0.4, -0.2) is 10.5 Å². The second-order valence-corrected chi connectivity index (χ2v) is 6.79. The molecular formula is C22H19N3O. The van der Waals surface area contributed by atoms with Gasteiger partial charge in [-0.05, 0) is 42.2 Å². The van der Waals surface area contributed by atoms with E-state index in [1.165, 1.54) is 0 Å². The van der Waals surface area contributed by atoms with Gasteiger partial charge in [-0.2, -0.15) is 5.26 Å². The van der Waals surface area contributed by atoms with E-state index in [1.807, 2.05) is 32.0 Å². The van der Waals surface area contributed by atoms with E-state index in [0.717, 1.165) is 44.5 Å². The average Bonchev–Trinajstić information content (AvgIpc) is 2.96. The van der Waals surface area contributed by atoms with Crippen molar-refractivity contribution in [3.8, 4) is 17.2 Å². The van der Waals surface area contributed by atoms with Gasteiger partial charge in [0.1, 0.15) is 6.54 Å². The molecule has 2 aromatic carbocycles. The first-order chi connectivity index (χ1) is 12.5. The molecular weight excluding hydrogens is 322 g/mol. The molecule has 0 fully saturated rings. The van der Waals surface area contributed by atoms with Crippen LogP contribution in [-0.2, 0) is 17.8 Å². The standard InChI is InChI=1S/C22H19N3O/c1-13(11-23)9-17-15(3)21-22-18(20(17)16-7-5-4-6-8-16)10-14(2)25(22)12-19(26)24-21/h4-8,10H,1,9,12H2,2-3H3,(H,24,26). The monoisotopic (exact) mass is 341 g/mol. The lowest BCUT2D eigenvalue weighted by atomic mass is 9.87. The molecule has 1 aromatic heterocycles. The Kier molecular flexibility index (Phi) is 3.66. The number of amides is 1. The number of benzene rings is 2. The molecule has 2 heterocycles. The molecule has 4 nitrogen and oxygen atoms in total. The summed E-state index contributed by atoms with van der Waals surface area (Å²) >= 11 is 0. The molecule has 3 aromatic rings. The highest BCUT2D eigenvalue weighted by Crippen LogP contribution is 2.43. The molecule has 26 heavy (non-hydrogen) atoms. The predicted molar refractivity (Wildman–Crippen MR) is 104 cm³/mol. The second-order valence-electron chi connectivity index (χ2n) is 6.79. The molecule has 128 valence electrons. The van der Waals surface area contributed by atoms with E-state index in [4.69, 9.17) is 0 Å². The molecule has 0 spiro atoms. The SMILES string of the molecule is C=C(C#N)Cc1c(C)c2c3c(cc(C)n3CC(=O)N2)c1-c1ccccc1. The Balaban J connectivity index is 2.14. The van der Waals surface area contributed by atoms with Crippen LogP contribution in [0, 0.1) is 25.2 Å². The van der Waals surface area contributed by atoms with Gasteiger partial charge in [0, 0.05) is 23.1 Å². The van der Waals surface area contributed by atoms with Crippen LogP contribution in [0.4, 0.5) is 5.69 Å². The highest BCUT2D eigenvalue weighted by molar-refractivity contribution is 6.12. The maximum atomic E-state index is 12.2. The van der Waals surface area contributed by atoms with Crippen LogP contribution >= 0.6 is 0 Å². The van der Waals surface area contributed by atoms with Gasteiger partial charge < -0.3 is 9.88 Å². The van der Waals surface area contributed by atoms with Gasteiger partial charge in [0.25, 0.3) is 0 Å². The van der Waals surface area contributed by atoms with Crippen molar-refractivity contribution in [2.24, 2.45) is 0 Å². The van der Waals surface area contributed by atoms with Crippen LogP contribution in [0.2, 0.25) is 0 Å². The number of nitrogens with one attached hydrogen (secondary N) is 1. The predicted octanol–water partition coefficient (Wildman–Crippen LogP) is 4.50. The van der Waals surface area contributed by atoms with Crippen molar-refractivity contribution in [1.82, 2.24) is 4.57 Å². The summed E-state index contributed by atoms with van der Waals surface area (Å²) in [6.45, 7) is 8.25. The largest absolute Gasteiger partial charge is 0.334 e. The second kappa shape index (κ2) is 5.89. The number of aromatic nitrogens is 1. The summed E-state index contributed by atoms with van der Waals surface area (Å²) in [4.78, 5) is 12.2. The molecule has 1 aliphatic heterocycles. The molecule has 0 radical (unpaired) electrons. The van der Waals surface area contributed by atoms with E-state index < -0.39 is 0 Å². The quantitative estimate of drug-likeness (QED) is 0.713. The van der Waals surface area contributed by atoms with E-state index in [0.29, 0.717) is 18.5 Å². The number of carbonyl (C=O) groups excluding carboxylic acids is 1. The van der Waals surface area contributed by atoms with Gasteiger partial charge in [-0.25, -0.2) is 0 Å². The lowest BCUT2D eigenvalue weighted by Crippen LogP contribution is -2.25. The smallest absolute Gasteiger partial charge is 0.244 e. The fourth-order valence-corrected chi connectivity index (χ4v) is 3.90. The summed E-state index contributed by atoms with van der Waals surface area (Å²) in [6, 6.07) is 14.5. The van der Waals surface area contributed by atoms with E-state index in [1.54, 1.807) is 0 Å². The minimum absolute atomic E-state index is 0.0151. The highest BCUT2D eigenvalue weighted by atomic mass is 16.2.